The van der Waals surface area contributed by atoms with Gasteiger partial charge >= 0.3 is 6.03 Å². The number of amides is 2. The van der Waals surface area contributed by atoms with E-state index >= 15 is 0 Å². The Kier molecular flexibility index (Phi) is 6.21. The highest BCUT2D eigenvalue weighted by atomic mass is 16.5. The average molecular weight is 444 g/mol. The Morgan fingerprint density at radius 2 is 1.73 bits per heavy atom. The lowest BCUT2D eigenvalue weighted by atomic mass is 10.3. The highest BCUT2D eigenvalue weighted by Crippen LogP contribution is 2.25. The first-order valence-corrected chi connectivity index (χ1v) is 10.3. The minimum absolute atomic E-state index is 0.379. The topological polar surface area (TPSA) is 103 Å². The number of nitrogens with zero attached hydrogens (tertiary/aromatic N) is 4. The van der Waals surface area contributed by atoms with E-state index < -0.39 is 0 Å². The third kappa shape index (κ3) is 5.09. The minimum Gasteiger partial charge on any atom is -0.495 e. The number of hydrogen-bond acceptors (Lipinski definition) is 6. The predicted molar refractivity (Wildman–Crippen MR) is 126 cm³/mol. The SMILES string of the molecule is COc1ccccc1NC(=O)Nc1ccc(Oc2cc(-n3cnc(C)c3C)nc(C)n2)cc1. The Hall–Kier alpha value is -4.40. The maximum Gasteiger partial charge on any atom is 0.323 e. The fraction of sp³-hybridized carbons (Fsp3) is 0.167. The molecule has 0 saturated carbocycles. The van der Waals surface area contributed by atoms with Gasteiger partial charge in [-0.2, -0.15) is 4.98 Å². The Labute approximate surface area is 191 Å². The van der Waals surface area contributed by atoms with Crippen LogP contribution in [0.15, 0.2) is 60.9 Å². The summed E-state index contributed by atoms with van der Waals surface area (Å²) in [5.74, 6) is 2.84. The van der Waals surface area contributed by atoms with Gasteiger partial charge in [0.2, 0.25) is 5.88 Å². The lowest BCUT2D eigenvalue weighted by molar-refractivity contribution is 0.262. The predicted octanol–water partition coefficient (Wildman–Crippen LogP) is 5.03. The molecule has 4 rings (SSSR count). The van der Waals surface area contributed by atoms with Crippen molar-refractivity contribution in [2.45, 2.75) is 20.8 Å². The molecule has 0 spiro atoms. The smallest absolute Gasteiger partial charge is 0.323 e. The summed E-state index contributed by atoms with van der Waals surface area (Å²) in [7, 11) is 1.55. The molecule has 0 aliphatic heterocycles. The largest absolute Gasteiger partial charge is 0.495 e. The summed E-state index contributed by atoms with van der Waals surface area (Å²) in [5, 5.41) is 5.55. The van der Waals surface area contributed by atoms with Gasteiger partial charge in [-0.15, -0.1) is 0 Å². The highest BCUT2D eigenvalue weighted by molar-refractivity contribution is 6.00. The lowest BCUT2D eigenvalue weighted by Crippen LogP contribution is -2.19. The van der Waals surface area contributed by atoms with Crippen LogP contribution in [-0.2, 0) is 0 Å². The molecule has 168 valence electrons. The quantitative estimate of drug-likeness (QED) is 0.432. The fourth-order valence-electron chi connectivity index (χ4n) is 3.19. The number of nitrogens with one attached hydrogen (secondary N) is 2. The standard InChI is InChI=1S/C24H24N6O3/c1-15-16(2)30(14-25-15)22-13-23(27-17(3)26-22)33-19-11-9-18(10-12-19)28-24(31)29-20-7-5-6-8-21(20)32-4/h5-14H,1-4H3,(H2,28,29,31). The molecule has 2 aromatic carbocycles. The first-order valence-electron chi connectivity index (χ1n) is 10.3. The van der Waals surface area contributed by atoms with Crippen molar-refractivity contribution in [1.29, 1.82) is 0 Å². The first-order chi connectivity index (χ1) is 15.9. The molecule has 9 nitrogen and oxygen atoms in total. The summed E-state index contributed by atoms with van der Waals surface area (Å²) in [4.78, 5) is 25.5. The molecular weight excluding hydrogens is 420 g/mol. The number of benzene rings is 2. The molecule has 0 radical (unpaired) electrons. The molecule has 0 saturated heterocycles. The minimum atomic E-state index is -0.379. The van der Waals surface area contributed by atoms with Crippen LogP contribution in [0.25, 0.3) is 5.82 Å². The van der Waals surface area contributed by atoms with Crippen LogP contribution in [0.1, 0.15) is 17.2 Å². The van der Waals surface area contributed by atoms with E-state index in [1.807, 2.05) is 37.5 Å². The summed E-state index contributed by atoms with van der Waals surface area (Å²) in [5.41, 5.74) is 3.13. The first kappa shape index (κ1) is 21.8. The van der Waals surface area contributed by atoms with Gasteiger partial charge in [0.1, 0.15) is 29.5 Å². The maximum atomic E-state index is 12.3. The van der Waals surface area contributed by atoms with Crippen molar-refractivity contribution in [3.8, 4) is 23.2 Å². The van der Waals surface area contributed by atoms with E-state index in [1.165, 1.54) is 0 Å². The van der Waals surface area contributed by atoms with Crippen LogP contribution in [0.2, 0.25) is 0 Å². The van der Waals surface area contributed by atoms with E-state index in [2.05, 4.69) is 25.6 Å². The molecule has 2 amide bonds. The van der Waals surface area contributed by atoms with Crippen LogP contribution in [0.5, 0.6) is 17.4 Å². The normalized spacial score (nSPS) is 10.5. The molecule has 0 fully saturated rings. The van der Waals surface area contributed by atoms with Gasteiger partial charge in [-0.3, -0.25) is 4.57 Å². The molecule has 4 aromatic rings. The van der Waals surface area contributed by atoms with Crippen LogP contribution >= 0.6 is 0 Å². The van der Waals surface area contributed by atoms with Crippen molar-refractivity contribution < 1.29 is 14.3 Å². The van der Waals surface area contributed by atoms with Gasteiger partial charge in [0, 0.05) is 17.4 Å². The second-order valence-electron chi connectivity index (χ2n) is 7.30. The molecular formula is C24H24N6O3. The second-order valence-corrected chi connectivity index (χ2v) is 7.30. The Morgan fingerprint density at radius 1 is 0.970 bits per heavy atom. The summed E-state index contributed by atoms with van der Waals surface area (Å²) >= 11 is 0. The van der Waals surface area contributed by atoms with Gasteiger partial charge in [0.15, 0.2) is 0 Å². The molecule has 0 aliphatic rings. The van der Waals surface area contributed by atoms with E-state index in [9.17, 15) is 4.79 Å². The number of aromatic nitrogens is 4. The second kappa shape index (κ2) is 9.39. The maximum absolute atomic E-state index is 12.3. The highest BCUT2D eigenvalue weighted by Gasteiger charge is 2.11. The summed E-state index contributed by atoms with van der Waals surface area (Å²) < 4.78 is 13.1. The van der Waals surface area contributed by atoms with Gasteiger partial charge in [-0.25, -0.2) is 14.8 Å². The fourth-order valence-corrected chi connectivity index (χ4v) is 3.19. The van der Waals surface area contributed by atoms with Crippen LogP contribution in [-0.4, -0.2) is 32.7 Å². The van der Waals surface area contributed by atoms with E-state index in [0.717, 1.165) is 11.4 Å². The molecule has 0 aliphatic carbocycles. The third-order valence-corrected chi connectivity index (χ3v) is 4.99. The number of anilines is 2. The van der Waals surface area contributed by atoms with Gasteiger partial charge in [-0.1, -0.05) is 12.1 Å². The number of para-hydroxylation sites is 2. The van der Waals surface area contributed by atoms with Crippen molar-refractivity contribution in [1.82, 2.24) is 19.5 Å². The molecule has 2 N–H and O–H groups in total. The number of ether oxygens (including phenoxy) is 2. The van der Waals surface area contributed by atoms with Crippen molar-refractivity contribution in [3.63, 3.8) is 0 Å². The van der Waals surface area contributed by atoms with Crippen molar-refractivity contribution >= 4 is 17.4 Å². The number of carbonyl (C=O) groups excluding carboxylic acids is 1. The van der Waals surface area contributed by atoms with Crippen molar-refractivity contribution in [2.24, 2.45) is 0 Å². The van der Waals surface area contributed by atoms with Gasteiger partial charge < -0.3 is 20.1 Å². The van der Waals surface area contributed by atoms with Gasteiger partial charge in [-0.05, 0) is 57.2 Å². The summed E-state index contributed by atoms with van der Waals surface area (Å²) in [6, 6.07) is 15.6. The van der Waals surface area contributed by atoms with Crippen LogP contribution < -0.4 is 20.1 Å². The number of urea groups is 1. The van der Waals surface area contributed by atoms with E-state index in [4.69, 9.17) is 9.47 Å². The molecule has 2 aromatic heterocycles. The number of imidazole rings is 1. The molecule has 0 bridgehead atoms. The number of methoxy groups -OCH3 is 1. The van der Waals surface area contributed by atoms with Crippen molar-refractivity contribution in [2.75, 3.05) is 17.7 Å². The average Bonchev–Trinajstić information content (AvgIpc) is 3.13. The van der Waals surface area contributed by atoms with E-state index in [-0.39, 0.29) is 6.03 Å². The zero-order valence-electron chi connectivity index (χ0n) is 18.8. The Bertz CT molecular complexity index is 1280. The summed E-state index contributed by atoms with van der Waals surface area (Å²) in [6.45, 7) is 5.74. The zero-order valence-corrected chi connectivity index (χ0v) is 18.8. The van der Waals surface area contributed by atoms with E-state index in [0.29, 0.717) is 40.4 Å². The molecule has 0 unspecified atom stereocenters. The molecule has 33 heavy (non-hydrogen) atoms. The third-order valence-electron chi connectivity index (χ3n) is 4.99. The number of carbonyl (C=O) groups is 1. The van der Waals surface area contributed by atoms with Gasteiger partial charge in [0.25, 0.3) is 0 Å². The number of rotatable bonds is 6. The number of hydrogen-bond donors (Lipinski definition) is 2. The Balaban J connectivity index is 1.44. The van der Waals surface area contributed by atoms with Crippen LogP contribution in [0.3, 0.4) is 0 Å². The molecule has 9 heteroatoms. The lowest BCUT2D eigenvalue weighted by Gasteiger charge is -2.12. The van der Waals surface area contributed by atoms with Crippen LogP contribution in [0.4, 0.5) is 16.2 Å². The zero-order chi connectivity index (χ0) is 23.4. The van der Waals surface area contributed by atoms with Gasteiger partial charge in [0.05, 0.1) is 18.5 Å². The molecule has 2 heterocycles. The van der Waals surface area contributed by atoms with E-state index in [1.54, 1.807) is 55.9 Å². The molecule has 0 atom stereocenters. The summed E-state index contributed by atoms with van der Waals surface area (Å²) in [6.07, 6.45) is 1.73. The van der Waals surface area contributed by atoms with Crippen LogP contribution in [0, 0.1) is 20.8 Å². The Morgan fingerprint density at radius 3 is 2.42 bits per heavy atom. The monoisotopic (exact) mass is 444 g/mol. The number of aryl methyl sites for hydroxylation is 2. The van der Waals surface area contributed by atoms with Crippen molar-refractivity contribution in [3.05, 3.63) is 78.1 Å².